The van der Waals surface area contributed by atoms with Crippen LogP contribution in [0.25, 0.3) is 0 Å². The van der Waals surface area contributed by atoms with Gasteiger partial charge >= 0.3 is 0 Å². The van der Waals surface area contributed by atoms with Gasteiger partial charge in [0.1, 0.15) is 11.4 Å². The number of carbonyl (C=O) groups excluding carboxylic acids is 2. The molecule has 2 saturated carbocycles. The number of ketones is 1. The van der Waals surface area contributed by atoms with Crippen LogP contribution < -0.4 is 4.74 Å². The average Bonchev–Trinajstić information content (AvgIpc) is 3.25. The quantitative estimate of drug-likeness (QED) is 0.849. The highest BCUT2D eigenvalue weighted by atomic mass is 16.5. The second kappa shape index (κ2) is 5.31. The first kappa shape index (κ1) is 15.4. The first-order valence-corrected chi connectivity index (χ1v) is 9.37. The summed E-state index contributed by atoms with van der Waals surface area (Å²) in [5, 5.41) is 9.86. The summed E-state index contributed by atoms with van der Waals surface area (Å²) < 4.78 is 6.35. The summed E-state index contributed by atoms with van der Waals surface area (Å²) in [7, 11) is 0. The van der Waals surface area contributed by atoms with E-state index in [1.807, 2.05) is 29.2 Å². The van der Waals surface area contributed by atoms with Crippen LogP contribution in [0.5, 0.6) is 5.75 Å². The molecule has 0 aromatic heterocycles. The lowest BCUT2D eigenvalue weighted by atomic mass is 9.84. The van der Waals surface area contributed by atoms with Crippen LogP contribution in [-0.4, -0.2) is 46.5 Å². The number of para-hydroxylation sites is 1. The van der Waals surface area contributed by atoms with Crippen molar-refractivity contribution in [1.29, 1.82) is 0 Å². The molecule has 1 spiro atoms. The molecule has 0 radical (unpaired) electrons. The Labute approximate surface area is 147 Å². The van der Waals surface area contributed by atoms with Gasteiger partial charge in [-0.2, -0.15) is 0 Å². The van der Waals surface area contributed by atoms with Crippen LogP contribution in [0.4, 0.5) is 0 Å². The molecule has 1 saturated heterocycles. The zero-order valence-corrected chi connectivity index (χ0v) is 14.2. The average molecular weight is 341 g/mol. The van der Waals surface area contributed by atoms with E-state index in [0.717, 1.165) is 32.2 Å². The second-order valence-corrected chi connectivity index (χ2v) is 8.10. The van der Waals surface area contributed by atoms with Gasteiger partial charge in [0.15, 0.2) is 5.78 Å². The summed E-state index contributed by atoms with van der Waals surface area (Å²) in [6, 6.07) is 7.44. The van der Waals surface area contributed by atoms with E-state index in [2.05, 4.69) is 0 Å². The molecule has 2 aliphatic carbocycles. The van der Waals surface area contributed by atoms with Crippen molar-refractivity contribution < 1.29 is 19.4 Å². The molecule has 1 amide bonds. The van der Waals surface area contributed by atoms with Crippen molar-refractivity contribution >= 4 is 11.7 Å². The van der Waals surface area contributed by atoms with Gasteiger partial charge in [0, 0.05) is 24.9 Å². The van der Waals surface area contributed by atoms with E-state index in [4.69, 9.17) is 4.74 Å². The van der Waals surface area contributed by atoms with Crippen molar-refractivity contribution in [3.05, 3.63) is 29.8 Å². The summed E-state index contributed by atoms with van der Waals surface area (Å²) in [6.45, 7) is 1.19. The Bertz CT molecular complexity index is 747. The lowest BCUT2D eigenvalue weighted by Gasteiger charge is -2.38. The summed E-state index contributed by atoms with van der Waals surface area (Å²) in [5.41, 5.74) is 0.171. The number of benzene rings is 1. The van der Waals surface area contributed by atoms with Crippen LogP contribution in [0.2, 0.25) is 0 Å². The number of hydrogen-bond donors (Lipinski definition) is 1. The van der Waals surface area contributed by atoms with Crippen molar-refractivity contribution in [2.24, 2.45) is 17.8 Å². The Morgan fingerprint density at radius 2 is 2.12 bits per heavy atom. The van der Waals surface area contributed by atoms with Crippen LogP contribution >= 0.6 is 0 Å². The highest BCUT2D eigenvalue weighted by Gasteiger charge is 2.71. The molecule has 0 bridgehead atoms. The smallest absolute Gasteiger partial charge is 0.226 e. The fraction of sp³-hybridized carbons (Fsp3) is 0.600. The monoisotopic (exact) mass is 341 g/mol. The number of fused-ring (bicyclic) bond motifs is 3. The Balaban J connectivity index is 1.38. The second-order valence-electron chi connectivity index (χ2n) is 8.10. The number of ether oxygens (including phenoxy) is 1. The van der Waals surface area contributed by atoms with Gasteiger partial charge in [0.25, 0.3) is 0 Å². The van der Waals surface area contributed by atoms with Crippen LogP contribution in [0.3, 0.4) is 0 Å². The van der Waals surface area contributed by atoms with Crippen molar-refractivity contribution in [2.75, 3.05) is 13.1 Å². The summed E-state index contributed by atoms with van der Waals surface area (Å²) in [4.78, 5) is 27.4. The summed E-state index contributed by atoms with van der Waals surface area (Å²) in [6.07, 6.45) is 3.44. The normalized spacial score (nSPS) is 38.9. The first-order chi connectivity index (χ1) is 12.1. The van der Waals surface area contributed by atoms with Crippen LogP contribution in [0, 0.1) is 17.8 Å². The van der Waals surface area contributed by atoms with Gasteiger partial charge in [-0.3, -0.25) is 9.59 Å². The Kier molecular flexibility index (Phi) is 3.26. The molecular weight excluding hydrogens is 318 g/mol. The minimum atomic E-state index is -0.495. The lowest BCUT2D eigenvalue weighted by Crippen LogP contribution is -2.47. The zero-order chi connectivity index (χ0) is 17.2. The van der Waals surface area contributed by atoms with Crippen molar-refractivity contribution in [3.8, 4) is 5.75 Å². The van der Waals surface area contributed by atoms with Gasteiger partial charge in [0.05, 0.1) is 18.1 Å². The summed E-state index contributed by atoms with van der Waals surface area (Å²) >= 11 is 0. The number of likely N-dealkylation sites (tertiary alicyclic amines) is 1. The van der Waals surface area contributed by atoms with Gasteiger partial charge in [-0.05, 0) is 43.7 Å². The fourth-order valence-corrected chi connectivity index (χ4v) is 5.46. The molecule has 4 aliphatic rings. The minimum absolute atomic E-state index is 0.0305. The van der Waals surface area contributed by atoms with Gasteiger partial charge in [0.2, 0.25) is 5.91 Å². The third-order valence-corrected chi connectivity index (χ3v) is 6.63. The van der Waals surface area contributed by atoms with Crippen molar-refractivity contribution in [2.45, 2.75) is 43.8 Å². The number of aliphatic hydroxyl groups is 1. The van der Waals surface area contributed by atoms with Gasteiger partial charge in [-0.25, -0.2) is 0 Å². The molecule has 132 valence electrons. The minimum Gasteiger partial charge on any atom is -0.486 e. The van der Waals surface area contributed by atoms with E-state index in [-0.39, 0.29) is 23.5 Å². The van der Waals surface area contributed by atoms with E-state index < -0.39 is 11.7 Å². The molecular formula is C20H23NO4. The largest absolute Gasteiger partial charge is 0.486 e. The maximum atomic E-state index is 12.9. The molecule has 5 heteroatoms. The van der Waals surface area contributed by atoms with E-state index in [9.17, 15) is 14.7 Å². The number of nitrogens with zero attached hydrogens (tertiary/aromatic N) is 1. The highest BCUT2D eigenvalue weighted by molar-refractivity contribution is 6.00. The number of Topliss-reactive ketones (excluding diaryl/α,β-unsaturated/α-hetero) is 1. The van der Waals surface area contributed by atoms with E-state index >= 15 is 0 Å². The highest BCUT2D eigenvalue weighted by Crippen LogP contribution is 2.66. The lowest BCUT2D eigenvalue weighted by molar-refractivity contribution is -0.137. The third kappa shape index (κ3) is 2.25. The number of hydrogen-bond acceptors (Lipinski definition) is 4. The number of β-amino-alcohol motifs (C(OH)–C–C–N with tert-alkyl or cyclic N) is 1. The van der Waals surface area contributed by atoms with Gasteiger partial charge in [-0.1, -0.05) is 12.1 Å². The molecule has 1 N–H and O–H groups in total. The predicted octanol–water partition coefficient (Wildman–Crippen LogP) is 2.03. The first-order valence-electron chi connectivity index (χ1n) is 9.37. The molecule has 1 aromatic rings. The van der Waals surface area contributed by atoms with Gasteiger partial charge in [-0.15, -0.1) is 0 Å². The molecule has 1 aromatic carbocycles. The van der Waals surface area contributed by atoms with E-state index in [0.29, 0.717) is 30.2 Å². The molecule has 5 nitrogen and oxygen atoms in total. The maximum Gasteiger partial charge on any atom is 0.226 e. The number of aliphatic hydroxyl groups excluding tert-OH is 1. The van der Waals surface area contributed by atoms with Crippen molar-refractivity contribution in [1.82, 2.24) is 4.90 Å². The molecule has 3 fully saturated rings. The number of rotatable bonds is 1. The van der Waals surface area contributed by atoms with Gasteiger partial charge < -0.3 is 14.7 Å². The Morgan fingerprint density at radius 1 is 1.28 bits per heavy atom. The number of amides is 1. The fourth-order valence-electron chi connectivity index (χ4n) is 5.46. The standard InChI is InChI=1S/C20H23NO4/c22-12-4-3-9-21(11-12)19(24)17-14-7-8-20(18(14)17)10-15(23)13-5-1-2-6-16(13)25-20/h1-2,5-6,12,14,17-18,22H,3-4,7-11H2/t12-,14-,17+,18+,20+/m1/s1. The Morgan fingerprint density at radius 3 is 2.96 bits per heavy atom. The molecule has 0 unspecified atom stereocenters. The van der Waals surface area contributed by atoms with E-state index in [1.165, 1.54) is 0 Å². The molecule has 2 aliphatic heterocycles. The van der Waals surface area contributed by atoms with Crippen LogP contribution in [-0.2, 0) is 4.79 Å². The predicted molar refractivity (Wildman–Crippen MR) is 90.3 cm³/mol. The van der Waals surface area contributed by atoms with Crippen molar-refractivity contribution in [3.63, 3.8) is 0 Å². The number of piperidine rings is 1. The SMILES string of the molecule is O=C1C[C@]2(CC[C@@H]3[C@H](C(=O)N4CCC[C@@H](O)C4)[C@H]32)Oc2ccccc21. The molecule has 5 rings (SSSR count). The molecule has 2 heterocycles. The third-order valence-electron chi connectivity index (χ3n) is 6.63. The van der Waals surface area contributed by atoms with Crippen LogP contribution in [0.1, 0.15) is 42.5 Å². The summed E-state index contributed by atoms with van der Waals surface area (Å²) in [5.74, 6) is 1.42. The zero-order valence-electron chi connectivity index (χ0n) is 14.2. The molecule has 5 atom stereocenters. The molecule has 25 heavy (non-hydrogen) atoms. The van der Waals surface area contributed by atoms with E-state index in [1.54, 1.807) is 0 Å². The maximum absolute atomic E-state index is 12.9. The topological polar surface area (TPSA) is 66.8 Å². The Hall–Kier alpha value is -1.88. The van der Waals surface area contributed by atoms with Crippen LogP contribution in [0.15, 0.2) is 24.3 Å². The number of carbonyl (C=O) groups is 2.